The first-order chi connectivity index (χ1) is 15.2. The van der Waals surface area contributed by atoms with Crippen LogP contribution in [0.5, 0.6) is 0 Å². The van der Waals surface area contributed by atoms with Crippen LogP contribution in [0, 0.1) is 0 Å². The second-order valence-electron chi connectivity index (χ2n) is 7.19. The van der Waals surface area contributed by atoms with Crippen LogP contribution in [0.15, 0.2) is 72.8 Å². The Bertz CT molecular complexity index is 786. The Kier molecular flexibility index (Phi) is 9.73. The van der Waals surface area contributed by atoms with Gasteiger partial charge in [-0.05, 0) is 24.1 Å². The van der Waals surface area contributed by atoms with Gasteiger partial charge in [0.25, 0.3) is 0 Å². The summed E-state index contributed by atoms with van der Waals surface area (Å²) in [5.41, 5.74) is 2.04. The maximum absolute atomic E-state index is 12.9. The average Bonchev–Trinajstić information content (AvgIpc) is 3.31. The second-order valence-corrected chi connectivity index (χ2v) is 7.19. The Labute approximate surface area is 183 Å². The molecular weight excluding hydrogens is 396 g/mol. The van der Waals surface area contributed by atoms with Crippen molar-refractivity contribution in [1.82, 2.24) is 0 Å². The summed E-state index contributed by atoms with van der Waals surface area (Å²) in [6, 6.07) is 19.6. The molecule has 0 amide bonds. The van der Waals surface area contributed by atoms with Crippen molar-refractivity contribution < 1.29 is 28.5 Å². The van der Waals surface area contributed by atoms with Crippen molar-refractivity contribution in [2.75, 3.05) is 19.8 Å². The largest absolute Gasteiger partial charge is 0.454 e. The number of carbonyl (C=O) groups is 1. The maximum atomic E-state index is 12.9. The van der Waals surface area contributed by atoms with Gasteiger partial charge in [-0.1, -0.05) is 66.7 Å². The zero-order valence-corrected chi connectivity index (χ0v) is 17.9. The Hall–Kier alpha value is -2.51. The fraction of sp³-hybridized carbons (Fsp3) is 0.400. The third kappa shape index (κ3) is 8.26. The molecule has 166 valence electrons. The van der Waals surface area contributed by atoms with Gasteiger partial charge in [-0.3, -0.25) is 0 Å². The van der Waals surface area contributed by atoms with Crippen LogP contribution < -0.4 is 0 Å². The van der Waals surface area contributed by atoms with E-state index in [4.69, 9.17) is 23.7 Å². The normalized spacial score (nSPS) is 16.4. The minimum atomic E-state index is -0.801. The summed E-state index contributed by atoms with van der Waals surface area (Å²) in [5.74, 6) is -0.457. The Morgan fingerprint density at radius 2 is 1.61 bits per heavy atom. The first kappa shape index (κ1) is 23.2. The van der Waals surface area contributed by atoms with E-state index in [0.717, 1.165) is 11.1 Å². The fourth-order valence-electron chi connectivity index (χ4n) is 3.16. The lowest BCUT2D eigenvalue weighted by atomic mass is 10.2. The molecule has 1 saturated heterocycles. The molecule has 6 heteroatoms. The molecule has 1 fully saturated rings. The van der Waals surface area contributed by atoms with Gasteiger partial charge in [-0.2, -0.15) is 0 Å². The molecule has 31 heavy (non-hydrogen) atoms. The van der Waals surface area contributed by atoms with E-state index >= 15 is 0 Å². The highest BCUT2D eigenvalue weighted by Gasteiger charge is 2.30. The molecule has 0 saturated carbocycles. The number of esters is 1. The van der Waals surface area contributed by atoms with E-state index < -0.39 is 24.5 Å². The number of rotatable bonds is 12. The molecule has 1 aliphatic rings. The molecule has 0 bridgehead atoms. The highest BCUT2D eigenvalue weighted by Crippen LogP contribution is 2.17. The Morgan fingerprint density at radius 3 is 2.23 bits per heavy atom. The van der Waals surface area contributed by atoms with Crippen LogP contribution in [-0.2, 0) is 41.7 Å². The minimum Gasteiger partial charge on any atom is -0.454 e. The van der Waals surface area contributed by atoms with Crippen molar-refractivity contribution in [2.24, 2.45) is 0 Å². The van der Waals surface area contributed by atoms with Gasteiger partial charge in [-0.25, -0.2) is 4.79 Å². The SMILES string of the molecule is CC=CC(COCc1ccccc1)OC(=O)C(CC1OCCO1)OCc1ccccc1. The van der Waals surface area contributed by atoms with E-state index in [0.29, 0.717) is 26.4 Å². The lowest BCUT2D eigenvalue weighted by Gasteiger charge is -2.22. The summed E-state index contributed by atoms with van der Waals surface area (Å²) in [6.07, 6.45) is 2.15. The van der Waals surface area contributed by atoms with E-state index in [1.807, 2.05) is 73.7 Å². The van der Waals surface area contributed by atoms with Crippen molar-refractivity contribution in [2.45, 2.75) is 45.1 Å². The van der Waals surface area contributed by atoms with Crippen molar-refractivity contribution >= 4 is 5.97 Å². The third-order valence-electron chi connectivity index (χ3n) is 4.72. The fourth-order valence-corrected chi connectivity index (χ4v) is 3.16. The van der Waals surface area contributed by atoms with Crippen LogP contribution in [0.25, 0.3) is 0 Å². The predicted molar refractivity (Wildman–Crippen MR) is 116 cm³/mol. The molecule has 1 heterocycles. The molecule has 6 nitrogen and oxygen atoms in total. The van der Waals surface area contributed by atoms with E-state index in [1.165, 1.54) is 0 Å². The number of allylic oxidation sites excluding steroid dienone is 1. The van der Waals surface area contributed by atoms with Crippen molar-refractivity contribution in [1.29, 1.82) is 0 Å². The average molecular weight is 427 g/mol. The number of benzene rings is 2. The molecule has 2 aromatic rings. The quantitative estimate of drug-likeness (QED) is 0.377. The molecule has 0 spiro atoms. The van der Waals surface area contributed by atoms with Crippen LogP contribution in [0.4, 0.5) is 0 Å². The Morgan fingerprint density at radius 1 is 1.00 bits per heavy atom. The van der Waals surface area contributed by atoms with Gasteiger partial charge in [-0.15, -0.1) is 0 Å². The van der Waals surface area contributed by atoms with Gasteiger partial charge in [0.1, 0.15) is 6.10 Å². The minimum absolute atomic E-state index is 0.257. The topological polar surface area (TPSA) is 63.2 Å². The first-order valence-electron chi connectivity index (χ1n) is 10.6. The lowest BCUT2D eigenvalue weighted by Crippen LogP contribution is -2.34. The smallest absolute Gasteiger partial charge is 0.336 e. The van der Waals surface area contributed by atoms with Crippen LogP contribution in [0.3, 0.4) is 0 Å². The second kappa shape index (κ2) is 13.0. The van der Waals surface area contributed by atoms with Gasteiger partial charge >= 0.3 is 5.97 Å². The molecule has 0 radical (unpaired) electrons. The van der Waals surface area contributed by atoms with Gasteiger partial charge in [0.05, 0.1) is 33.0 Å². The van der Waals surface area contributed by atoms with Crippen molar-refractivity contribution in [3.05, 3.63) is 83.9 Å². The maximum Gasteiger partial charge on any atom is 0.336 e. The highest BCUT2D eigenvalue weighted by atomic mass is 16.7. The predicted octanol–water partition coefficient (Wildman–Crippen LogP) is 4.04. The third-order valence-corrected chi connectivity index (χ3v) is 4.72. The van der Waals surface area contributed by atoms with Crippen LogP contribution in [-0.4, -0.2) is 44.3 Å². The summed E-state index contributed by atoms with van der Waals surface area (Å²) in [7, 11) is 0. The molecule has 2 unspecified atom stereocenters. The summed E-state index contributed by atoms with van der Waals surface area (Å²) >= 11 is 0. The van der Waals surface area contributed by atoms with E-state index in [2.05, 4.69) is 0 Å². The van der Waals surface area contributed by atoms with Gasteiger partial charge < -0.3 is 23.7 Å². The molecule has 1 aliphatic heterocycles. The standard InChI is InChI=1S/C25H30O6/c1-2-9-22(19-27-17-20-10-5-3-6-11-20)31-25(26)23(16-24-28-14-15-29-24)30-18-21-12-7-4-8-13-21/h2-13,22-24H,14-19H2,1H3. The van der Waals surface area contributed by atoms with E-state index in [1.54, 1.807) is 6.08 Å². The van der Waals surface area contributed by atoms with E-state index in [-0.39, 0.29) is 13.0 Å². The number of hydrogen-bond acceptors (Lipinski definition) is 6. The van der Waals surface area contributed by atoms with Crippen molar-refractivity contribution in [3.63, 3.8) is 0 Å². The summed E-state index contributed by atoms with van der Waals surface area (Å²) in [6.45, 7) is 3.91. The lowest BCUT2D eigenvalue weighted by molar-refractivity contribution is -0.170. The molecule has 2 aromatic carbocycles. The Balaban J connectivity index is 1.55. The van der Waals surface area contributed by atoms with Gasteiger partial charge in [0.2, 0.25) is 0 Å². The monoisotopic (exact) mass is 426 g/mol. The molecule has 2 atom stereocenters. The van der Waals surface area contributed by atoms with Gasteiger partial charge in [0, 0.05) is 6.42 Å². The molecular formula is C25H30O6. The molecule has 0 aliphatic carbocycles. The number of ether oxygens (including phenoxy) is 5. The van der Waals surface area contributed by atoms with Crippen LogP contribution in [0.2, 0.25) is 0 Å². The highest BCUT2D eigenvalue weighted by molar-refractivity contribution is 5.75. The van der Waals surface area contributed by atoms with Crippen LogP contribution in [0.1, 0.15) is 24.5 Å². The molecule has 3 rings (SSSR count). The zero-order valence-electron chi connectivity index (χ0n) is 17.9. The van der Waals surface area contributed by atoms with Crippen molar-refractivity contribution in [3.8, 4) is 0 Å². The zero-order chi connectivity index (χ0) is 21.7. The van der Waals surface area contributed by atoms with E-state index in [9.17, 15) is 4.79 Å². The molecule has 0 aromatic heterocycles. The van der Waals surface area contributed by atoms with Gasteiger partial charge in [0.15, 0.2) is 12.4 Å². The molecule has 0 N–H and O–H groups in total. The first-order valence-corrected chi connectivity index (χ1v) is 10.6. The summed E-state index contributed by atoms with van der Waals surface area (Å²) in [4.78, 5) is 12.9. The number of carbonyl (C=O) groups excluding carboxylic acids is 1. The summed E-state index contributed by atoms with van der Waals surface area (Å²) in [5, 5.41) is 0. The van der Waals surface area contributed by atoms with Crippen LogP contribution >= 0.6 is 0 Å². The summed E-state index contributed by atoms with van der Waals surface area (Å²) < 4.78 is 28.4. The number of hydrogen-bond donors (Lipinski definition) is 0.